The Labute approximate surface area is 146 Å². The van der Waals surface area contributed by atoms with Crippen LogP contribution in [0, 0.1) is 0 Å². The van der Waals surface area contributed by atoms with E-state index in [0.29, 0.717) is 12.8 Å². The predicted octanol–water partition coefficient (Wildman–Crippen LogP) is 2.47. The molecule has 25 heavy (non-hydrogen) atoms. The zero-order valence-electron chi connectivity index (χ0n) is 14.4. The Kier molecular flexibility index (Phi) is 7.85. The Morgan fingerprint density at radius 1 is 1.00 bits per heavy atom. The molecule has 0 aliphatic heterocycles. The van der Waals surface area contributed by atoms with Gasteiger partial charge < -0.3 is 14.2 Å². The number of carbonyl (C=O) groups excluding carboxylic acids is 2. The Morgan fingerprint density at radius 3 is 2.04 bits per heavy atom. The third kappa shape index (κ3) is 5.43. The number of esters is 2. The molecule has 0 aromatic heterocycles. The second-order valence-corrected chi connectivity index (χ2v) is 6.39. The summed E-state index contributed by atoms with van der Waals surface area (Å²) in [6, 6.07) is 2.08. The lowest BCUT2D eigenvalue weighted by Gasteiger charge is -2.16. The normalized spacial score (nSPS) is 11.0. The molecule has 0 saturated heterocycles. The van der Waals surface area contributed by atoms with E-state index in [1.54, 1.807) is 13.8 Å². The van der Waals surface area contributed by atoms with Gasteiger partial charge in [0.1, 0.15) is 21.8 Å². The van der Waals surface area contributed by atoms with Gasteiger partial charge >= 0.3 is 11.9 Å². The van der Waals surface area contributed by atoms with Crippen molar-refractivity contribution < 1.29 is 36.8 Å². The first-order valence-corrected chi connectivity index (χ1v) is 9.33. The molecule has 0 saturated carbocycles. The molecule has 0 aliphatic carbocycles. The summed E-state index contributed by atoms with van der Waals surface area (Å²) in [5, 5.41) is 0. The summed E-state index contributed by atoms with van der Waals surface area (Å²) in [5.74, 6) is -2.07. The molecule has 0 atom stereocenters. The van der Waals surface area contributed by atoms with Crippen molar-refractivity contribution in [1.82, 2.24) is 0 Å². The molecule has 0 spiro atoms. The largest absolute Gasteiger partial charge is 0.492 e. The van der Waals surface area contributed by atoms with Gasteiger partial charge in [-0.15, -0.1) is 0 Å². The summed E-state index contributed by atoms with van der Waals surface area (Å²) >= 11 is 0. The van der Waals surface area contributed by atoms with Crippen molar-refractivity contribution in [3.05, 3.63) is 23.3 Å². The highest BCUT2D eigenvalue weighted by atomic mass is 32.2. The van der Waals surface area contributed by atoms with Gasteiger partial charge in [0.05, 0.1) is 19.8 Å². The van der Waals surface area contributed by atoms with Gasteiger partial charge in [-0.05, 0) is 31.9 Å². The summed E-state index contributed by atoms with van der Waals surface area (Å²) in [7, 11) is -4.74. The van der Waals surface area contributed by atoms with Gasteiger partial charge in [0.15, 0.2) is 0 Å². The Hall–Kier alpha value is -2.13. The molecule has 8 nitrogen and oxygen atoms in total. The summed E-state index contributed by atoms with van der Waals surface area (Å²) < 4.78 is 48.0. The highest BCUT2D eigenvalue weighted by molar-refractivity contribution is 7.86. The van der Waals surface area contributed by atoms with E-state index in [2.05, 4.69) is 0 Å². The van der Waals surface area contributed by atoms with Crippen molar-refractivity contribution >= 4 is 22.1 Å². The van der Waals surface area contributed by atoms with Crippen LogP contribution in [0.25, 0.3) is 0 Å². The smallest absolute Gasteiger partial charge is 0.343 e. The molecule has 0 heterocycles. The molecule has 140 valence electrons. The lowest BCUT2D eigenvalue weighted by Crippen LogP contribution is -2.18. The fraction of sp³-hybridized carbons (Fsp3) is 0.500. The average molecular weight is 374 g/mol. The van der Waals surface area contributed by atoms with Crippen LogP contribution in [-0.4, -0.2) is 44.7 Å². The number of rotatable bonds is 9. The van der Waals surface area contributed by atoms with Gasteiger partial charge in [-0.25, -0.2) is 9.59 Å². The van der Waals surface area contributed by atoms with Crippen LogP contribution in [-0.2, 0) is 19.6 Å². The van der Waals surface area contributed by atoms with Crippen LogP contribution in [0.5, 0.6) is 5.75 Å². The number of ether oxygens (including phenoxy) is 3. The van der Waals surface area contributed by atoms with Gasteiger partial charge in [0.2, 0.25) is 0 Å². The van der Waals surface area contributed by atoms with Crippen molar-refractivity contribution in [1.29, 1.82) is 0 Å². The van der Waals surface area contributed by atoms with E-state index in [0.717, 1.165) is 12.1 Å². The van der Waals surface area contributed by atoms with Gasteiger partial charge in [0.25, 0.3) is 10.1 Å². The quantitative estimate of drug-likeness (QED) is 0.517. The number of hydrogen-bond acceptors (Lipinski definition) is 7. The maximum Gasteiger partial charge on any atom is 0.343 e. The van der Waals surface area contributed by atoms with Crippen molar-refractivity contribution in [3.8, 4) is 5.75 Å². The zero-order chi connectivity index (χ0) is 19.0. The molecular formula is C16H22O8S. The van der Waals surface area contributed by atoms with Gasteiger partial charge in [-0.3, -0.25) is 4.55 Å². The van der Waals surface area contributed by atoms with Crippen LogP contribution in [0.4, 0.5) is 0 Å². The minimum atomic E-state index is -4.74. The number of hydrogen-bond donors (Lipinski definition) is 1. The Bertz CT molecular complexity index is 724. The monoisotopic (exact) mass is 374 g/mol. The average Bonchev–Trinajstić information content (AvgIpc) is 2.56. The van der Waals surface area contributed by atoms with Crippen molar-refractivity contribution in [2.75, 3.05) is 19.8 Å². The van der Waals surface area contributed by atoms with Crippen LogP contribution in [0.3, 0.4) is 0 Å². The number of carbonyl (C=O) groups is 2. The fourth-order valence-corrected chi connectivity index (χ4v) is 2.64. The molecular weight excluding hydrogens is 352 g/mol. The van der Waals surface area contributed by atoms with E-state index in [9.17, 15) is 22.6 Å². The van der Waals surface area contributed by atoms with Crippen LogP contribution < -0.4 is 4.74 Å². The molecule has 0 bridgehead atoms. The Balaban J connectivity index is 3.57. The maximum atomic E-state index is 12.3. The number of benzene rings is 1. The molecule has 1 aromatic carbocycles. The molecule has 0 fully saturated rings. The lowest BCUT2D eigenvalue weighted by molar-refractivity contribution is 0.0490. The fourth-order valence-electron chi connectivity index (χ4n) is 1.97. The van der Waals surface area contributed by atoms with E-state index in [1.807, 2.05) is 6.92 Å². The summed E-state index contributed by atoms with van der Waals surface area (Å²) in [6.07, 6.45) is 1.10. The van der Waals surface area contributed by atoms with Crippen LogP contribution >= 0.6 is 0 Å². The van der Waals surface area contributed by atoms with E-state index in [-0.39, 0.29) is 31.1 Å². The first-order valence-electron chi connectivity index (χ1n) is 7.89. The van der Waals surface area contributed by atoms with E-state index >= 15 is 0 Å². The highest BCUT2D eigenvalue weighted by Crippen LogP contribution is 2.32. The molecule has 0 amide bonds. The molecule has 0 aliphatic rings. The first-order chi connectivity index (χ1) is 11.8. The molecule has 1 aromatic rings. The maximum absolute atomic E-state index is 12.3. The van der Waals surface area contributed by atoms with Crippen molar-refractivity contribution in [2.24, 2.45) is 0 Å². The first kappa shape index (κ1) is 20.9. The summed E-state index contributed by atoms with van der Waals surface area (Å²) in [6.45, 7) is 5.42. The lowest BCUT2D eigenvalue weighted by atomic mass is 10.1. The highest BCUT2D eigenvalue weighted by Gasteiger charge is 2.30. The minimum Gasteiger partial charge on any atom is -0.492 e. The third-order valence-corrected chi connectivity index (χ3v) is 3.88. The van der Waals surface area contributed by atoms with Crippen LogP contribution in [0.2, 0.25) is 0 Å². The van der Waals surface area contributed by atoms with Crippen LogP contribution in [0.1, 0.15) is 54.3 Å². The SMILES string of the molecule is CCCOC(=O)c1ccc(S(=O)(=O)O)c(C(=O)OCCC)c1OCC. The van der Waals surface area contributed by atoms with Gasteiger partial charge in [-0.2, -0.15) is 8.42 Å². The van der Waals surface area contributed by atoms with Crippen molar-refractivity contribution in [2.45, 2.75) is 38.5 Å². The minimum absolute atomic E-state index is 0.0415. The standard InChI is InChI=1S/C16H22O8S/c1-4-9-23-15(17)11-7-8-12(25(19,20)21)13(14(11)22-6-3)16(18)24-10-5-2/h7-8H,4-6,9-10H2,1-3H3,(H,19,20,21). The molecule has 9 heteroatoms. The van der Waals surface area contributed by atoms with Gasteiger partial charge in [0, 0.05) is 0 Å². The second kappa shape index (κ2) is 9.38. The van der Waals surface area contributed by atoms with E-state index in [4.69, 9.17) is 14.2 Å². The molecule has 1 N–H and O–H groups in total. The topological polar surface area (TPSA) is 116 Å². The second-order valence-electron chi connectivity index (χ2n) is 5.00. The zero-order valence-corrected chi connectivity index (χ0v) is 15.2. The van der Waals surface area contributed by atoms with E-state index < -0.39 is 32.5 Å². The van der Waals surface area contributed by atoms with Crippen molar-refractivity contribution in [3.63, 3.8) is 0 Å². The third-order valence-electron chi connectivity index (χ3n) is 2.98. The predicted molar refractivity (Wildman–Crippen MR) is 88.6 cm³/mol. The summed E-state index contributed by atoms with van der Waals surface area (Å²) in [5.41, 5.74) is -0.644. The molecule has 0 unspecified atom stereocenters. The van der Waals surface area contributed by atoms with Crippen LogP contribution in [0.15, 0.2) is 17.0 Å². The van der Waals surface area contributed by atoms with E-state index in [1.165, 1.54) is 0 Å². The van der Waals surface area contributed by atoms with Gasteiger partial charge in [-0.1, -0.05) is 13.8 Å². The molecule has 0 radical (unpaired) electrons. The molecule has 1 rings (SSSR count). The Morgan fingerprint density at radius 2 is 1.56 bits per heavy atom. The summed E-state index contributed by atoms with van der Waals surface area (Å²) in [4.78, 5) is 23.8.